The first-order valence-corrected chi connectivity index (χ1v) is 9.52. The van der Waals surface area contributed by atoms with Crippen molar-refractivity contribution in [1.82, 2.24) is 10.3 Å². The molecule has 0 saturated carbocycles. The van der Waals surface area contributed by atoms with E-state index in [1.165, 1.54) is 0 Å². The van der Waals surface area contributed by atoms with E-state index in [1.54, 1.807) is 13.2 Å². The van der Waals surface area contributed by atoms with Gasteiger partial charge in [-0.05, 0) is 49.2 Å². The van der Waals surface area contributed by atoms with Crippen molar-refractivity contribution in [2.75, 3.05) is 13.7 Å². The van der Waals surface area contributed by atoms with Gasteiger partial charge in [-0.25, -0.2) is 4.98 Å². The SMILES string of the molecule is COc1ccccc1CCNC(=O)c1cc(-c2ccc(C)o2)nc2ccccc12. The van der Waals surface area contributed by atoms with Crippen LogP contribution in [0.3, 0.4) is 0 Å². The number of furan rings is 1. The molecule has 5 heteroatoms. The van der Waals surface area contributed by atoms with Crippen LogP contribution in [0.5, 0.6) is 5.75 Å². The number of aryl methyl sites for hydroxylation is 1. The summed E-state index contributed by atoms with van der Waals surface area (Å²) in [6.07, 6.45) is 0.684. The summed E-state index contributed by atoms with van der Waals surface area (Å²) in [5.41, 5.74) is 3.04. The van der Waals surface area contributed by atoms with Crippen LogP contribution in [-0.2, 0) is 6.42 Å². The van der Waals surface area contributed by atoms with Gasteiger partial charge in [-0.3, -0.25) is 4.79 Å². The predicted octanol–water partition coefficient (Wildman–Crippen LogP) is 4.78. The maximum Gasteiger partial charge on any atom is 0.252 e. The van der Waals surface area contributed by atoms with Crippen molar-refractivity contribution in [3.63, 3.8) is 0 Å². The molecular weight excluding hydrogens is 364 g/mol. The molecule has 0 fully saturated rings. The van der Waals surface area contributed by atoms with Gasteiger partial charge >= 0.3 is 0 Å². The number of hydrogen-bond acceptors (Lipinski definition) is 4. The van der Waals surface area contributed by atoms with Crippen LogP contribution in [0.25, 0.3) is 22.4 Å². The van der Waals surface area contributed by atoms with E-state index in [1.807, 2.05) is 67.6 Å². The Kier molecular flexibility index (Phi) is 5.29. The number of benzene rings is 2. The third-order valence-electron chi connectivity index (χ3n) is 4.83. The molecule has 0 saturated heterocycles. The molecule has 29 heavy (non-hydrogen) atoms. The van der Waals surface area contributed by atoms with E-state index in [9.17, 15) is 4.79 Å². The minimum atomic E-state index is -0.136. The number of para-hydroxylation sites is 2. The highest BCUT2D eigenvalue weighted by Crippen LogP contribution is 2.26. The van der Waals surface area contributed by atoms with Crippen molar-refractivity contribution in [2.24, 2.45) is 0 Å². The molecule has 1 N–H and O–H groups in total. The Morgan fingerprint density at radius 3 is 2.66 bits per heavy atom. The standard InChI is InChI=1S/C24H22N2O3/c1-16-11-12-23(29-16)21-15-19(18-8-4-5-9-20(18)26-21)24(27)25-14-13-17-7-3-6-10-22(17)28-2/h3-12,15H,13-14H2,1-2H3,(H,25,27). The molecule has 2 aromatic heterocycles. The Hall–Kier alpha value is -3.60. The lowest BCUT2D eigenvalue weighted by Gasteiger charge is -2.11. The fourth-order valence-corrected chi connectivity index (χ4v) is 3.38. The van der Waals surface area contributed by atoms with Gasteiger partial charge in [0.15, 0.2) is 5.76 Å². The molecule has 1 amide bonds. The second-order valence-corrected chi connectivity index (χ2v) is 6.80. The van der Waals surface area contributed by atoms with Crippen LogP contribution in [0.4, 0.5) is 0 Å². The quantitative estimate of drug-likeness (QED) is 0.518. The van der Waals surface area contributed by atoms with Gasteiger partial charge < -0.3 is 14.5 Å². The second-order valence-electron chi connectivity index (χ2n) is 6.80. The molecule has 4 aromatic rings. The van der Waals surface area contributed by atoms with Gasteiger partial charge in [0.05, 0.1) is 18.2 Å². The number of methoxy groups -OCH3 is 1. The maximum absolute atomic E-state index is 13.0. The molecular formula is C24H22N2O3. The van der Waals surface area contributed by atoms with Gasteiger partial charge in [0.25, 0.3) is 5.91 Å². The number of hydrogen-bond donors (Lipinski definition) is 1. The smallest absolute Gasteiger partial charge is 0.252 e. The number of amides is 1. The summed E-state index contributed by atoms with van der Waals surface area (Å²) in [7, 11) is 1.65. The van der Waals surface area contributed by atoms with Crippen molar-refractivity contribution in [1.29, 1.82) is 0 Å². The zero-order chi connectivity index (χ0) is 20.2. The number of fused-ring (bicyclic) bond motifs is 1. The summed E-state index contributed by atoms with van der Waals surface area (Å²) in [4.78, 5) is 17.7. The van der Waals surface area contributed by atoms with E-state index in [2.05, 4.69) is 10.3 Å². The minimum absolute atomic E-state index is 0.136. The Bertz CT molecular complexity index is 1160. The summed E-state index contributed by atoms with van der Waals surface area (Å²) in [6, 6.07) is 21.0. The van der Waals surface area contributed by atoms with Crippen LogP contribution < -0.4 is 10.1 Å². The van der Waals surface area contributed by atoms with E-state index in [0.717, 1.165) is 28.0 Å². The third-order valence-corrected chi connectivity index (χ3v) is 4.83. The topological polar surface area (TPSA) is 64.4 Å². The van der Waals surface area contributed by atoms with Crippen molar-refractivity contribution < 1.29 is 13.9 Å². The number of aromatic nitrogens is 1. The van der Waals surface area contributed by atoms with Gasteiger partial charge in [0.1, 0.15) is 17.2 Å². The molecule has 2 heterocycles. The number of nitrogens with zero attached hydrogens (tertiary/aromatic N) is 1. The number of nitrogens with one attached hydrogen (secondary N) is 1. The highest BCUT2D eigenvalue weighted by Gasteiger charge is 2.15. The molecule has 0 bridgehead atoms. The molecule has 0 aliphatic carbocycles. The maximum atomic E-state index is 13.0. The van der Waals surface area contributed by atoms with E-state index >= 15 is 0 Å². The third kappa shape index (κ3) is 3.99. The van der Waals surface area contributed by atoms with Gasteiger partial charge in [-0.15, -0.1) is 0 Å². The predicted molar refractivity (Wildman–Crippen MR) is 113 cm³/mol. The zero-order valence-corrected chi connectivity index (χ0v) is 16.4. The van der Waals surface area contributed by atoms with E-state index in [4.69, 9.17) is 9.15 Å². The largest absolute Gasteiger partial charge is 0.496 e. The molecule has 2 aromatic carbocycles. The zero-order valence-electron chi connectivity index (χ0n) is 16.4. The first kappa shape index (κ1) is 18.7. The van der Waals surface area contributed by atoms with Gasteiger partial charge in [0, 0.05) is 11.9 Å². The molecule has 0 spiro atoms. The Morgan fingerprint density at radius 1 is 1.07 bits per heavy atom. The molecule has 4 rings (SSSR count). The average Bonchev–Trinajstić information content (AvgIpc) is 3.19. The molecule has 0 unspecified atom stereocenters. The van der Waals surface area contributed by atoms with Crippen LogP contribution in [0, 0.1) is 6.92 Å². The monoisotopic (exact) mass is 386 g/mol. The van der Waals surface area contributed by atoms with Crippen LogP contribution in [0.15, 0.2) is 71.1 Å². The van der Waals surface area contributed by atoms with Crippen LogP contribution in [0.1, 0.15) is 21.7 Å². The molecule has 0 atom stereocenters. The van der Waals surface area contributed by atoms with Crippen molar-refractivity contribution in [3.8, 4) is 17.2 Å². The van der Waals surface area contributed by atoms with Crippen LogP contribution in [-0.4, -0.2) is 24.5 Å². The summed E-state index contributed by atoms with van der Waals surface area (Å²) >= 11 is 0. The molecule has 146 valence electrons. The fraction of sp³-hybridized carbons (Fsp3) is 0.167. The van der Waals surface area contributed by atoms with Gasteiger partial charge in [-0.2, -0.15) is 0 Å². The molecule has 0 aliphatic rings. The van der Waals surface area contributed by atoms with Crippen molar-refractivity contribution in [3.05, 3.63) is 83.6 Å². The minimum Gasteiger partial charge on any atom is -0.496 e. The fourth-order valence-electron chi connectivity index (χ4n) is 3.38. The van der Waals surface area contributed by atoms with Crippen LogP contribution >= 0.6 is 0 Å². The summed E-state index contributed by atoms with van der Waals surface area (Å²) in [5, 5.41) is 3.84. The normalized spacial score (nSPS) is 10.8. The first-order chi connectivity index (χ1) is 14.2. The average molecular weight is 386 g/mol. The Balaban J connectivity index is 1.59. The lowest BCUT2D eigenvalue weighted by molar-refractivity contribution is 0.0955. The number of ether oxygens (including phenoxy) is 1. The molecule has 5 nitrogen and oxygen atoms in total. The molecule has 0 aliphatic heterocycles. The van der Waals surface area contributed by atoms with Gasteiger partial charge in [0.2, 0.25) is 0 Å². The number of carbonyl (C=O) groups is 1. The number of rotatable bonds is 6. The second kappa shape index (κ2) is 8.19. The summed E-state index contributed by atoms with van der Waals surface area (Å²) < 4.78 is 11.1. The van der Waals surface area contributed by atoms with Gasteiger partial charge in [-0.1, -0.05) is 36.4 Å². The van der Waals surface area contributed by atoms with Crippen molar-refractivity contribution >= 4 is 16.8 Å². The highest BCUT2D eigenvalue weighted by molar-refractivity contribution is 6.07. The lowest BCUT2D eigenvalue weighted by Crippen LogP contribution is -2.26. The van der Waals surface area contributed by atoms with E-state index < -0.39 is 0 Å². The Morgan fingerprint density at radius 2 is 1.86 bits per heavy atom. The summed E-state index contributed by atoms with van der Waals surface area (Å²) in [5.74, 6) is 2.14. The number of carbonyl (C=O) groups excluding carboxylic acids is 1. The first-order valence-electron chi connectivity index (χ1n) is 9.52. The van der Waals surface area contributed by atoms with Crippen LogP contribution in [0.2, 0.25) is 0 Å². The lowest BCUT2D eigenvalue weighted by atomic mass is 10.1. The Labute approximate surface area is 169 Å². The number of pyridine rings is 1. The van der Waals surface area contributed by atoms with E-state index in [0.29, 0.717) is 30.0 Å². The summed E-state index contributed by atoms with van der Waals surface area (Å²) in [6.45, 7) is 2.39. The van der Waals surface area contributed by atoms with E-state index in [-0.39, 0.29) is 5.91 Å². The molecule has 0 radical (unpaired) electrons. The highest BCUT2D eigenvalue weighted by atomic mass is 16.5. The van der Waals surface area contributed by atoms with Crippen molar-refractivity contribution in [2.45, 2.75) is 13.3 Å².